The lowest BCUT2D eigenvalue weighted by molar-refractivity contribution is -0.394. The topological polar surface area (TPSA) is 76.0 Å². The molecule has 2 N–H and O–H groups in total. The van der Waals surface area contributed by atoms with Gasteiger partial charge in [-0.05, 0) is 56.8 Å². The van der Waals surface area contributed by atoms with Gasteiger partial charge >= 0.3 is 0 Å². The number of aliphatic hydroxyl groups is 2. The first-order chi connectivity index (χ1) is 12.9. The van der Waals surface area contributed by atoms with Gasteiger partial charge in [0.15, 0.2) is 5.79 Å². The maximum absolute atomic E-state index is 13.8. The number of carbonyl (C=O) groups excluding carboxylic acids is 1. The van der Waals surface area contributed by atoms with Crippen LogP contribution in [0.2, 0.25) is 0 Å². The van der Waals surface area contributed by atoms with Crippen LogP contribution in [0, 0.1) is 39.9 Å². The molecule has 0 unspecified atom stereocenters. The molecule has 0 radical (unpaired) electrons. The molecule has 5 fully saturated rings. The zero-order valence-electron chi connectivity index (χ0n) is 18.1. The molecule has 5 aliphatic rings. The molecule has 2 bridgehead atoms. The summed E-state index contributed by atoms with van der Waals surface area (Å²) in [5, 5.41) is 22.7. The molecule has 5 rings (SSSR count). The van der Waals surface area contributed by atoms with E-state index in [4.69, 9.17) is 9.47 Å². The molecule has 5 nitrogen and oxygen atoms in total. The van der Waals surface area contributed by atoms with Crippen LogP contribution in [0.3, 0.4) is 0 Å². The van der Waals surface area contributed by atoms with Gasteiger partial charge in [0, 0.05) is 17.3 Å². The van der Waals surface area contributed by atoms with Crippen molar-refractivity contribution in [3.8, 4) is 0 Å². The fourth-order valence-corrected chi connectivity index (χ4v) is 8.69. The Balaban J connectivity index is 1.75. The van der Waals surface area contributed by atoms with E-state index in [0.717, 1.165) is 19.3 Å². The minimum absolute atomic E-state index is 0.0262. The lowest BCUT2D eigenvalue weighted by atomic mass is 9.38. The zero-order chi connectivity index (χ0) is 20.4. The average molecular weight is 393 g/mol. The number of ether oxygens (including phenoxy) is 2. The van der Waals surface area contributed by atoms with E-state index < -0.39 is 28.8 Å². The third kappa shape index (κ3) is 2.00. The highest BCUT2D eigenvalue weighted by molar-refractivity contribution is 5.92. The summed E-state index contributed by atoms with van der Waals surface area (Å²) < 4.78 is 12.9. The molecule has 0 amide bonds. The van der Waals surface area contributed by atoms with Crippen molar-refractivity contribution in [2.24, 2.45) is 39.9 Å². The third-order valence-electron chi connectivity index (χ3n) is 9.72. The van der Waals surface area contributed by atoms with E-state index in [2.05, 4.69) is 20.8 Å². The summed E-state index contributed by atoms with van der Waals surface area (Å²) in [6, 6.07) is 0. The Kier molecular flexibility index (Phi) is 3.76. The molecule has 10 atom stereocenters. The fraction of sp³-hybridized carbons (Fsp3) is 0.957. The predicted octanol–water partition coefficient (Wildman–Crippen LogP) is 2.92. The van der Waals surface area contributed by atoms with E-state index in [1.807, 2.05) is 20.8 Å². The molecule has 5 heteroatoms. The number of hydrogen-bond donors (Lipinski definition) is 2. The first kappa shape index (κ1) is 19.5. The van der Waals surface area contributed by atoms with Crippen LogP contribution in [-0.4, -0.2) is 46.2 Å². The summed E-state index contributed by atoms with van der Waals surface area (Å²) in [5.74, 6) is -0.794. The number of hydrogen-bond acceptors (Lipinski definition) is 5. The Morgan fingerprint density at radius 1 is 1.04 bits per heavy atom. The van der Waals surface area contributed by atoms with Crippen LogP contribution < -0.4 is 0 Å². The molecule has 1 spiro atoms. The standard InChI is InChI=1S/C23H36O5/c1-11-12-9-13(24)17-22(6)14(20(2,3)8-7-15(22)25)10-16-23(17,18(11)26)19(12)28-21(4,5)27-16/h11-17,19,24-25H,7-10H2,1-6H3/t11-,12-,13+,14+,15-,16-,17-,19+,22+,23-/m1/s1. The van der Waals surface area contributed by atoms with Crippen molar-refractivity contribution in [1.29, 1.82) is 0 Å². The summed E-state index contributed by atoms with van der Waals surface area (Å²) >= 11 is 0. The molecule has 1 aliphatic heterocycles. The Bertz CT molecular complexity index is 716. The first-order valence-electron chi connectivity index (χ1n) is 11.1. The maximum Gasteiger partial charge on any atom is 0.163 e. The highest BCUT2D eigenvalue weighted by Gasteiger charge is 2.80. The van der Waals surface area contributed by atoms with Gasteiger partial charge in [0.05, 0.1) is 29.8 Å². The minimum Gasteiger partial charge on any atom is -0.393 e. The van der Waals surface area contributed by atoms with Gasteiger partial charge in [0.25, 0.3) is 0 Å². The van der Waals surface area contributed by atoms with Crippen molar-refractivity contribution in [2.75, 3.05) is 0 Å². The van der Waals surface area contributed by atoms with Crippen LogP contribution in [-0.2, 0) is 14.3 Å². The second kappa shape index (κ2) is 5.40. The smallest absolute Gasteiger partial charge is 0.163 e. The van der Waals surface area contributed by atoms with Crippen LogP contribution >= 0.6 is 0 Å². The van der Waals surface area contributed by atoms with E-state index in [-0.39, 0.29) is 47.1 Å². The second-order valence-electron chi connectivity index (χ2n) is 11.8. The summed E-state index contributed by atoms with van der Waals surface area (Å²) in [6.07, 6.45) is 1.37. The molecule has 4 aliphatic carbocycles. The van der Waals surface area contributed by atoms with Gasteiger partial charge in [-0.25, -0.2) is 0 Å². The van der Waals surface area contributed by atoms with Gasteiger partial charge in [0.1, 0.15) is 5.78 Å². The predicted molar refractivity (Wildman–Crippen MR) is 103 cm³/mol. The molecule has 158 valence electrons. The third-order valence-corrected chi connectivity index (χ3v) is 9.72. The van der Waals surface area contributed by atoms with Gasteiger partial charge in [-0.15, -0.1) is 0 Å². The molecule has 1 saturated heterocycles. The van der Waals surface area contributed by atoms with Crippen molar-refractivity contribution >= 4 is 5.78 Å². The summed E-state index contributed by atoms with van der Waals surface area (Å²) in [6.45, 7) is 12.6. The van der Waals surface area contributed by atoms with Gasteiger partial charge in [-0.1, -0.05) is 27.7 Å². The van der Waals surface area contributed by atoms with Crippen LogP contribution in [0.15, 0.2) is 0 Å². The van der Waals surface area contributed by atoms with E-state index in [0.29, 0.717) is 6.42 Å². The minimum atomic E-state index is -0.836. The summed E-state index contributed by atoms with van der Waals surface area (Å²) in [4.78, 5) is 13.8. The highest BCUT2D eigenvalue weighted by Crippen LogP contribution is 2.73. The number of fused-ring (bicyclic) bond motifs is 2. The largest absolute Gasteiger partial charge is 0.393 e. The first-order valence-corrected chi connectivity index (χ1v) is 11.1. The van der Waals surface area contributed by atoms with Crippen LogP contribution in [0.5, 0.6) is 0 Å². The number of ketones is 1. The Hall–Kier alpha value is -0.490. The normalized spacial score (nSPS) is 58.8. The number of aliphatic hydroxyl groups excluding tert-OH is 2. The van der Waals surface area contributed by atoms with Crippen molar-refractivity contribution in [1.82, 2.24) is 0 Å². The van der Waals surface area contributed by atoms with Crippen LogP contribution in [0.4, 0.5) is 0 Å². The van der Waals surface area contributed by atoms with Crippen molar-refractivity contribution in [3.63, 3.8) is 0 Å². The summed E-state index contributed by atoms with van der Waals surface area (Å²) in [5.41, 5.74) is -1.33. The molecular formula is C23H36O5. The highest BCUT2D eigenvalue weighted by atomic mass is 16.7. The van der Waals surface area contributed by atoms with Crippen molar-refractivity contribution < 1.29 is 24.5 Å². The van der Waals surface area contributed by atoms with Crippen molar-refractivity contribution in [2.45, 2.75) is 97.4 Å². The fourth-order valence-electron chi connectivity index (χ4n) is 8.69. The van der Waals surface area contributed by atoms with Crippen LogP contribution in [0.1, 0.15) is 67.2 Å². The van der Waals surface area contributed by atoms with Gasteiger partial charge < -0.3 is 19.7 Å². The van der Waals surface area contributed by atoms with Gasteiger partial charge in [-0.3, -0.25) is 4.79 Å². The lowest BCUT2D eigenvalue weighted by Crippen LogP contribution is -2.76. The number of carbonyl (C=O) groups is 1. The Morgan fingerprint density at radius 2 is 1.71 bits per heavy atom. The second-order valence-corrected chi connectivity index (χ2v) is 11.8. The lowest BCUT2D eigenvalue weighted by Gasteiger charge is -2.70. The quantitative estimate of drug-likeness (QED) is 0.663. The van der Waals surface area contributed by atoms with E-state index >= 15 is 0 Å². The van der Waals surface area contributed by atoms with E-state index in [9.17, 15) is 15.0 Å². The van der Waals surface area contributed by atoms with Crippen LogP contribution in [0.25, 0.3) is 0 Å². The molecule has 0 aromatic rings. The zero-order valence-corrected chi connectivity index (χ0v) is 18.1. The molecule has 0 aromatic carbocycles. The maximum atomic E-state index is 13.8. The molecule has 28 heavy (non-hydrogen) atoms. The average Bonchev–Trinajstić information content (AvgIpc) is 2.72. The summed E-state index contributed by atoms with van der Waals surface area (Å²) in [7, 11) is 0. The molecule has 1 heterocycles. The molecular weight excluding hydrogens is 356 g/mol. The van der Waals surface area contributed by atoms with E-state index in [1.165, 1.54) is 0 Å². The Labute approximate surface area is 168 Å². The van der Waals surface area contributed by atoms with Gasteiger partial charge in [0.2, 0.25) is 0 Å². The van der Waals surface area contributed by atoms with Gasteiger partial charge in [-0.2, -0.15) is 0 Å². The SMILES string of the molecule is C[C@H]1C(=O)[C@@]23[C@@H]4[C@@H](O)C[C@H]1[C@@H]2OC(C)(C)O[C@@H]3C[C@H]1C(C)(C)CC[C@@H](O)[C@@]41C. The van der Waals surface area contributed by atoms with Crippen molar-refractivity contribution in [3.05, 3.63) is 0 Å². The molecule has 0 aromatic heterocycles. The van der Waals surface area contributed by atoms with E-state index in [1.54, 1.807) is 0 Å². The Morgan fingerprint density at radius 3 is 2.39 bits per heavy atom. The number of Topliss-reactive ketones (excluding diaryl/α,β-unsaturated/α-hetero) is 1. The number of rotatable bonds is 0. The monoisotopic (exact) mass is 392 g/mol. The molecule has 4 saturated carbocycles.